The maximum Gasteiger partial charge on any atom is 0.00482 e. The van der Waals surface area contributed by atoms with Gasteiger partial charge in [0.15, 0.2) is 0 Å². The van der Waals surface area contributed by atoms with Gasteiger partial charge in [0.05, 0.1) is 0 Å². The molecule has 1 spiro atoms. The van der Waals surface area contributed by atoms with Gasteiger partial charge in [-0.2, -0.15) is 0 Å². The summed E-state index contributed by atoms with van der Waals surface area (Å²) in [4.78, 5) is 2.78. The zero-order valence-corrected chi connectivity index (χ0v) is 11.6. The van der Waals surface area contributed by atoms with E-state index >= 15 is 0 Å². The fourth-order valence-corrected chi connectivity index (χ4v) is 4.32. The van der Waals surface area contributed by atoms with Gasteiger partial charge in [0.25, 0.3) is 0 Å². The van der Waals surface area contributed by atoms with Crippen molar-refractivity contribution in [3.63, 3.8) is 0 Å². The van der Waals surface area contributed by atoms with Crippen molar-refractivity contribution in [3.8, 4) is 0 Å². The molecule has 1 aliphatic carbocycles. The summed E-state index contributed by atoms with van der Waals surface area (Å²) >= 11 is 0. The molecule has 98 valence electrons. The van der Waals surface area contributed by atoms with E-state index in [1.807, 2.05) is 0 Å². The molecule has 0 aromatic rings. The van der Waals surface area contributed by atoms with E-state index in [-0.39, 0.29) is 0 Å². The minimum atomic E-state index is 0.547. The molecule has 2 heterocycles. The van der Waals surface area contributed by atoms with Crippen LogP contribution in [0.4, 0.5) is 0 Å². The molecule has 1 saturated carbocycles. The Kier molecular flexibility index (Phi) is 2.99. The summed E-state index contributed by atoms with van der Waals surface area (Å²) in [6, 6.07) is 0. The van der Waals surface area contributed by atoms with Gasteiger partial charge in [-0.15, -0.1) is 0 Å². The smallest absolute Gasteiger partial charge is 0.00482 e. The summed E-state index contributed by atoms with van der Waals surface area (Å²) in [5.41, 5.74) is 1.27. The lowest BCUT2D eigenvalue weighted by Gasteiger charge is -2.54. The first kappa shape index (κ1) is 12.0. The minimum absolute atomic E-state index is 0.547. The van der Waals surface area contributed by atoms with E-state index in [4.69, 9.17) is 0 Å². The van der Waals surface area contributed by atoms with E-state index in [0.717, 1.165) is 11.3 Å². The van der Waals surface area contributed by atoms with Gasteiger partial charge in [0.1, 0.15) is 0 Å². The zero-order chi connectivity index (χ0) is 11.9. The number of likely N-dealkylation sites (tertiary alicyclic amines) is 1. The Labute approximate surface area is 106 Å². The van der Waals surface area contributed by atoms with E-state index in [0.29, 0.717) is 5.41 Å². The molecule has 2 nitrogen and oxygen atoms in total. The number of rotatable bonds is 2. The molecule has 0 aromatic heterocycles. The number of hydrogen-bond donors (Lipinski definition) is 1. The van der Waals surface area contributed by atoms with Crippen LogP contribution in [0.15, 0.2) is 0 Å². The second-order valence-corrected chi connectivity index (χ2v) is 7.35. The molecule has 3 rings (SSSR count). The van der Waals surface area contributed by atoms with Crippen molar-refractivity contribution in [3.05, 3.63) is 0 Å². The Hall–Kier alpha value is -0.0800. The van der Waals surface area contributed by atoms with Gasteiger partial charge in [-0.1, -0.05) is 20.3 Å². The highest BCUT2D eigenvalue weighted by Crippen LogP contribution is 2.51. The molecule has 1 N–H and O–H groups in total. The lowest BCUT2D eigenvalue weighted by molar-refractivity contribution is -0.0387. The van der Waals surface area contributed by atoms with E-state index in [2.05, 4.69) is 24.1 Å². The van der Waals surface area contributed by atoms with Crippen molar-refractivity contribution in [1.82, 2.24) is 10.2 Å². The summed E-state index contributed by atoms with van der Waals surface area (Å²) in [5, 5.41) is 3.53. The molecule has 3 fully saturated rings. The van der Waals surface area contributed by atoms with Crippen LogP contribution in [0.3, 0.4) is 0 Å². The van der Waals surface area contributed by atoms with Gasteiger partial charge in [-0.3, -0.25) is 0 Å². The average Bonchev–Trinajstić information content (AvgIpc) is 2.66. The minimum Gasteiger partial charge on any atom is -0.316 e. The van der Waals surface area contributed by atoms with Crippen LogP contribution in [-0.2, 0) is 0 Å². The highest BCUT2D eigenvalue weighted by molar-refractivity contribution is 4.98. The Morgan fingerprint density at radius 2 is 2.12 bits per heavy atom. The summed E-state index contributed by atoms with van der Waals surface area (Å²) < 4.78 is 0. The van der Waals surface area contributed by atoms with Crippen molar-refractivity contribution in [1.29, 1.82) is 0 Å². The maximum absolute atomic E-state index is 3.53. The predicted molar refractivity (Wildman–Crippen MR) is 72.1 cm³/mol. The standard InChI is InChI=1S/C15H28N2/c1-13-4-9-17(12-15(13)5-3-6-15)11-14(2)7-8-16-10-14/h13,16H,3-12H2,1-2H3. The van der Waals surface area contributed by atoms with Crippen LogP contribution in [-0.4, -0.2) is 37.6 Å². The first-order valence-corrected chi connectivity index (χ1v) is 7.55. The number of nitrogens with zero attached hydrogens (tertiary/aromatic N) is 1. The molecule has 3 aliphatic rings. The molecule has 2 aliphatic heterocycles. The first-order valence-electron chi connectivity index (χ1n) is 7.55. The maximum atomic E-state index is 3.53. The van der Waals surface area contributed by atoms with Gasteiger partial charge in [0.2, 0.25) is 0 Å². The van der Waals surface area contributed by atoms with Crippen LogP contribution in [0, 0.1) is 16.7 Å². The highest BCUT2D eigenvalue weighted by atomic mass is 15.2. The van der Waals surface area contributed by atoms with E-state index in [1.54, 1.807) is 0 Å². The van der Waals surface area contributed by atoms with Crippen molar-refractivity contribution in [2.45, 2.75) is 46.0 Å². The average molecular weight is 236 g/mol. The summed E-state index contributed by atoms with van der Waals surface area (Å²) in [5.74, 6) is 0.974. The third-order valence-electron chi connectivity index (χ3n) is 5.87. The molecule has 2 saturated heterocycles. The van der Waals surface area contributed by atoms with Crippen molar-refractivity contribution < 1.29 is 0 Å². The van der Waals surface area contributed by atoms with Crippen LogP contribution in [0.25, 0.3) is 0 Å². The molecule has 0 aromatic carbocycles. The van der Waals surface area contributed by atoms with Crippen molar-refractivity contribution in [2.24, 2.45) is 16.7 Å². The fraction of sp³-hybridized carbons (Fsp3) is 1.00. The van der Waals surface area contributed by atoms with Gasteiger partial charge >= 0.3 is 0 Å². The summed E-state index contributed by atoms with van der Waals surface area (Å²) in [6.45, 7) is 11.5. The summed E-state index contributed by atoms with van der Waals surface area (Å²) in [7, 11) is 0. The Morgan fingerprint density at radius 3 is 2.71 bits per heavy atom. The molecule has 2 atom stereocenters. The van der Waals surface area contributed by atoms with Crippen molar-refractivity contribution >= 4 is 0 Å². The Balaban J connectivity index is 1.61. The van der Waals surface area contributed by atoms with E-state index in [1.165, 1.54) is 64.8 Å². The largest absolute Gasteiger partial charge is 0.316 e. The SMILES string of the molecule is CC1CCN(CC2(C)CCNC2)CC12CCC2. The molecular formula is C15H28N2. The molecule has 0 bridgehead atoms. The van der Waals surface area contributed by atoms with Gasteiger partial charge in [-0.25, -0.2) is 0 Å². The lowest BCUT2D eigenvalue weighted by Crippen LogP contribution is -2.53. The van der Waals surface area contributed by atoms with E-state index in [9.17, 15) is 0 Å². The Morgan fingerprint density at radius 1 is 1.29 bits per heavy atom. The topological polar surface area (TPSA) is 15.3 Å². The molecule has 0 radical (unpaired) electrons. The predicted octanol–water partition coefficient (Wildman–Crippen LogP) is 2.50. The quantitative estimate of drug-likeness (QED) is 0.792. The second kappa shape index (κ2) is 4.24. The normalized spacial score (nSPS) is 41.6. The lowest BCUT2D eigenvalue weighted by atomic mass is 9.59. The van der Waals surface area contributed by atoms with Gasteiger partial charge in [0, 0.05) is 19.6 Å². The van der Waals surface area contributed by atoms with Crippen LogP contribution >= 0.6 is 0 Å². The number of piperidine rings is 1. The van der Waals surface area contributed by atoms with Crippen LogP contribution in [0.1, 0.15) is 46.0 Å². The van der Waals surface area contributed by atoms with Crippen LogP contribution < -0.4 is 5.32 Å². The first-order chi connectivity index (χ1) is 8.12. The third kappa shape index (κ3) is 2.15. The van der Waals surface area contributed by atoms with Gasteiger partial charge in [-0.05, 0) is 55.5 Å². The molecule has 2 heteroatoms. The number of hydrogen-bond acceptors (Lipinski definition) is 2. The highest BCUT2D eigenvalue weighted by Gasteiger charge is 2.46. The Bertz CT molecular complexity index is 275. The summed E-state index contributed by atoms with van der Waals surface area (Å²) in [6.07, 6.45) is 7.28. The van der Waals surface area contributed by atoms with Crippen LogP contribution in [0.2, 0.25) is 0 Å². The monoisotopic (exact) mass is 236 g/mol. The fourth-order valence-electron chi connectivity index (χ4n) is 4.32. The molecule has 17 heavy (non-hydrogen) atoms. The molecular weight excluding hydrogens is 208 g/mol. The van der Waals surface area contributed by atoms with Crippen LogP contribution in [0.5, 0.6) is 0 Å². The van der Waals surface area contributed by atoms with Gasteiger partial charge < -0.3 is 10.2 Å². The third-order valence-corrected chi connectivity index (χ3v) is 5.87. The van der Waals surface area contributed by atoms with E-state index < -0.39 is 0 Å². The number of nitrogens with one attached hydrogen (secondary N) is 1. The molecule has 2 unspecified atom stereocenters. The zero-order valence-electron chi connectivity index (χ0n) is 11.6. The van der Waals surface area contributed by atoms with Crippen molar-refractivity contribution in [2.75, 3.05) is 32.7 Å². The second-order valence-electron chi connectivity index (χ2n) is 7.35. The molecule has 0 amide bonds.